The third-order valence-corrected chi connectivity index (χ3v) is 7.34. The van der Waals surface area contributed by atoms with Gasteiger partial charge in [-0.25, -0.2) is 0 Å². The second-order valence-corrected chi connectivity index (χ2v) is 9.55. The number of hydrogen-bond acceptors (Lipinski definition) is 3. The van der Waals surface area contributed by atoms with Gasteiger partial charge in [0.2, 0.25) is 0 Å². The molecule has 6 rings (SSSR count). The third-order valence-electron chi connectivity index (χ3n) is 7.34. The SMILES string of the molecule is CCOc1ccc2ccccc2c1C=Nc1ccc([C@@H]2Nc3ccc(C)cc3[C@H]3C=CC[C@H]32)cc1. The number of benzene rings is 4. The molecule has 174 valence electrons. The lowest BCUT2D eigenvalue weighted by atomic mass is 9.76. The van der Waals surface area contributed by atoms with Crippen molar-refractivity contribution in [3.63, 3.8) is 0 Å². The molecule has 3 nitrogen and oxygen atoms in total. The van der Waals surface area contributed by atoms with Crippen LogP contribution >= 0.6 is 0 Å². The van der Waals surface area contributed by atoms with Crippen molar-refractivity contribution >= 4 is 28.4 Å². The van der Waals surface area contributed by atoms with Crippen LogP contribution in [-0.2, 0) is 0 Å². The van der Waals surface area contributed by atoms with E-state index in [0.717, 1.165) is 28.8 Å². The van der Waals surface area contributed by atoms with E-state index in [0.29, 0.717) is 24.5 Å². The van der Waals surface area contributed by atoms with Gasteiger partial charge in [-0.1, -0.05) is 72.3 Å². The topological polar surface area (TPSA) is 33.6 Å². The lowest BCUT2D eigenvalue weighted by molar-refractivity contribution is 0.340. The van der Waals surface area contributed by atoms with Crippen LogP contribution in [0, 0.1) is 12.8 Å². The summed E-state index contributed by atoms with van der Waals surface area (Å²) in [5, 5.41) is 6.17. The predicted molar refractivity (Wildman–Crippen MR) is 146 cm³/mol. The third kappa shape index (κ3) is 4.01. The highest BCUT2D eigenvalue weighted by atomic mass is 16.5. The Balaban J connectivity index is 1.29. The molecule has 1 heterocycles. The Morgan fingerprint density at radius 2 is 1.86 bits per heavy atom. The maximum absolute atomic E-state index is 5.90. The molecule has 35 heavy (non-hydrogen) atoms. The van der Waals surface area contributed by atoms with E-state index in [1.165, 1.54) is 27.8 Å². The van der Waals surface area contributed by atoms with Crippen LogP contribution in [0.5, 0.6) is 5.75 Å². The van der Waals surface area contributed by atoms with E-state index < -0.39 is 0 Å². The molecule has 1 aliphatic heterocycles. The maximum Gasteiger partial charge on any atom is 0.128 e. The zero-order chi connectivity index (χ0) is 23.8. The van der Waals surface area contributed by atoms with Gasteiger partial charge in [-0.3, -0.25) is 4.99 Å². The van der Waals surface area contributed by atoms with Crippen LogP contribution in [0.2, 0.25) is 0 Å². The van der Waals surface area contributed by atoms with Gasteiger partial charge in [0.15, 0.2) is 0 Å². The van der Waals surface area contributed by atoms with Gasteiger partial charge in [0.05, 0.1) is 18.3 Å². The van der Waals surface area contributed by atoms with Gasteiger partial charge in [-0.15, -0.1) is 0 Å². The van der Waals surface area contributed by atoms with Crippen LogP contribution in [0.15, 0.2) is 96.0 Å². The van der Waals surface area contributed by atoms with E-state index in [9.17, 15) is 0 Å². The number of rotatable bonds is 5. The summed E-state index contributed by atoms with van der Waals surface area (Å²) in [6.07, 6.45) is 7.80. The largest absolute Gasteiger partial charge is 0.493 e. The number of nitrogens with one attached hydrogen (secondary N) is 1. The standard InChI is InChI=1S/C32H30N2O/c1-3-35-31-18-14-22-7-4-5-8-25(22)29(31)20-33-24-15-12-23(13-16-24)32-27-10-6-9-26(27)28-19-21(2)11-17-30(28)34-32/h4-9,11-20,26-27,32,34H,3,10H2,1-2H3/t26-,27+,32-/m0/s1. The molecule has 3 heteroatoms. The van der Waals surface area contributed by atoms with Gasteiger partial charge in [-0.2, -0.15) is 0 Å². The summed E-state index contributed by atoms with van der Waals surface area (Å²) in [6.45, 7) is 4.81. The summed E-state index contributed by atoms with van der Waals surface area (Å²) in [7, 11) is 0. The summed E-state index contributed by atoms with van der Waals surface area (Å²) < 4.78 is 5.90. The highest BCUT2D eigenvalue weighted by Gasteiger charge is 2.37. The normalized spacial score (nSPS) is 20.6. The van der Waals surface area contributed by atoms with Crippen molar-refractivity contribution in [2.24, 2.45) is 10.9 Å². The Labute approximate surface area is 207 Å². The minimum absolute atomic E-state index is 0.297. The minimum Gasteiger partial charge on any atom is -0.493 e. The summed E-state index contributed by atoms with van der Waals surface area (Å²) in [6, 6.07) is 28.3. The average Bonchev–Trinajstić information content (AvgIpc) is 3.39. The molecule has 0 fully saturated rings. The van der Waals surface area contributed by atoms with Crippen molar-refractivity contribution in [2.75, 3.05) is 11.9 Å². The highest BCUT2D eigenvalue weighted by molar-refractivity contribution is 6.03. The second kappa shape index (κ2) is 9.07. The lowest BCUT2D eigenvalue weighted by Gasteiger charge is -2.37. The number of nitrogens with zero attached hydrogens (tertiary/aromatic N) is 1. The van der Waals surface area contributed by atoms with Gasteiger partial charge in [-0.05, 0) is 72.4 Å². The van der Waals surface area contributed by atoms with Gasteiger partial charge in [0.25, 0.3) is 0 Å². The molecule has 0 radical (unpaired) electrons. The molecule has 0 amide bonds. The minimum atomic E-state index is 0.297. The smallest absolute Gasteiger partial charge is 0.128 e. The first-order valence-electron chi connectivity index (χ1n) is 12.5. The van der Waals surface area contributed by atoms with Crippen LogP contribution in [0.4, 0.5) is 11.4 Å². The van der Waals surface area contributed by atoms with Gasteiger partial charge >= 0.3 is 0 Å². The Bertz CT molecular complexity index is 1430. The van der Waals surface area contributed by atoms with Crippen molar-refractivity contribution < 1.29 is 4.74 Å². The fourth-order valence-corrected chi connectivity index (χ4v) is 5.64. The molecule has 1 aliphatic carbocycles. The number of hydrogen-bond donors (Lipinski definition) is 1. The number of aryl methyl sites for hydroxylation is 1. The second-order valence-electron chi connectivity index (χ2n) is 9.55. The lowest BCUT2D eigenvalue weighted by Crippen LogP contribution is -2.29. The van der Waals surface area contributed by atoms with Crippen LogP contribution < -0.4 is 10.1 Å². The Morgan fingerprint density at radius 3 is 2.71 bits per heavy atom. The van der Waals surface area contributed by atoms with Crippen molar-refractivity contribution in [1.82, 2.24) is 0 Å². The summed E-state index contributed by atoms with van der Waals surface area (Å²) in [5.41, 5.74) is 7.29. The van der Waals surface area contributed by atoms with Crippen molar-refractivity contribution in [3.8, 4) is 5.75 Å². The van der Waals surface area contributed by atoms with E-state index in [4.69, 9.17) is 9.73 Å². The summed E-state index contributed by atoms with van der Waals surface area (Å²) in [5.74, 6) is 1.90. The fraction of sp³-hybridized carbons (Fsp3) is 0.219. The Morgan fingerprint density at radius 1 is 1.00 bits per heavy atom. The molecule has 1 N–H and O–H groups in total. The van der Waals surface area contributed by atoms with Crippen molar-refractivity contribution in [2.45, 2.75) is 32.2 Å². The molecule has 0 saturated carbocycles. The zero-order valence-corrected chi connectivity index (χ0v) is 20.2. The molecule has 0 spiro atoms. The first kappa shape index (κ1) is 21.7. The summed E-state index contributed by atoms with van der Waals surface area (Å²) in [4.78, 5) is 4.83. The molecule has 2 aliphatic rings. The van der Waals surface area contributed by atoms with Gasteiger partial charge in [0, 0.05) is 23.4 Å². The van der Waals surface area contributed by atoms with Gasteiger partial charge < -0.3 is 10.1 Å². The highest BCUT2D eigenvalue weighted by Crippen LogP contribution is 2.50. The first-order valence-corrected chi connectivity index (χ1v) is 12.5. The van der Waals surface area contributed by atoms with Crippen LogP contribution in [0.25, 0.3) is 10.8 Å². The molecule has 0 saturated heterocycles. The number of fused-ring (bicyclic) bond motifs is 4. The van der Waals surface area contributed by atoms with Crippen molar-refractivity contribution in [3.05, 3.63) is 113 Å². The molecule has 0 bridgehead atoms. The molecule has 0 aromatic heterocycles. The summed E-state index contributed by atoms with van der Waals surface area (Å²) >= 11 is 0. The Kier molecular flexibility index (Phi) is 5.61. The van der Waals surface area contributed by atoms with E-state index in [1.54, 1.807) is 0 Å². The number of allylic oxidation sites excluding steroid dienone is 2. The molecule has 4 aromatic rings. The van der Waals surface area contributed by atoms with Crippen LogP contribution in [-0.4, -0.2) is 12.8 Å². The molecule has 0 unspecified atom stereocenters. The zero-order valence-electron chi connectivity index (χ0n) is 20.2. The number of aliphatic imine (C=N–C) groups is 1. The predicted octanol–water partition coefficient (Wildman–Crippen LogP) is 8.12. The van der Waals surface area contributed by atoms with E-state index in [1.807, 2.05) is 19.2 Å². The van der Waals surface area contributed by atoms with E-state index in [-0.39, 0.29) is 0 Å². The molecule has 3 atom stereocenters. The van der Waals surface area contributed by atoms with E-state index >= 15 is 0 Å². The molecular formula is C32H30N2O. The average molecular weight is 459 g/mol. The fourth-order valence-electron chi connectivity index (χ4n) is 5.64. The monoisotopic (exact) mass is 458 g/mol. The first-order chi connectivity index (χ1) is 17.2. The quantitative estimate of drug-likeness (QED) is 0.242. The van der Waals surface area contributed by atoms with Crippen molar-refractivity contribution in [1.29, 1.82) is 0 Å². The van der Waals surface area contributed by atoms with Crippen LogP contribution in [0.1, 0.15) is 47.6 Å². The maximum atomic E-state index is 5.90. The molecular weight excluding hydrogens is 428 g/mol. The van der Waals surface area contributed by atoms with Gasteiger partial charge in [0.1, 0.15) is 5.75 Å². The van der Waals surface area contributed by atoms with E-state index in [2.05, 4.69) is 97.2 Å². The number of ether oxygens (including phenoxy) is 1. The Hall–Kier alpha value is -3.85. The molecule has 4 aromatic carbocycles. The number of anilines is 1. The van der Waals surface area contributed by atoms with Crippen LogP contribution in [0.3, 0.4) is 0 Å².